The van der Waals surface area contributed by atoms with Crippen molar-refractivity contribution in [1.82, 2.24) is 15.3 Å². The molecule has 5 nitrogen and oxygen atoms in total. The zero-order valence-corrected chi connectivity index (χ0v) is 13.3. The summed E-state index contributed by atoms with van der Waals surface area (Å²) in [5.41, 5.74) is 0.0433. The van der Waals surface area contributed by atoms with Crippen molar-refractivity contribution in [3.05, 3.63) is 11.9 Å². The van der Waals surface area contributed by atoms with Crippen molar-refractivity contribution in [3.63, 3.8) is 0 Å². The van der Waals surface area contributed by atoms with Crippen LogP contribution in [-0.2, 0) is 0 Å². The maximum atomic E-state index is 4.54. The summed E-state index contributed by atoms with van der Waals surface area (Å²) in [6.07, 6.45) is 0. The van der Waals surface area contributed by atoms with Crippen LogP contribution in [0, 0.1) is 6.92 Å². The van der Waals surface area contributed by atoms with E-state index in [-0.39, 0.29) is 5.54 Å². The summed E-state index contributed by atoms with van der Waals surface area (Å²) in [5.74, 6) is 2.74. The Morgan fingerprint density at radius 3 is 2.26 bits per heavy atom. The lowest BCUT2D eigenvalue weighted by molar-refractivity contribution is 0.533. The zero-order valence-electron chi connectivity index (χ0n) is 13.3. The number of aryl methyl sites for hydroxylation is 1. The molecule has 1 heterocycles. The third-order valence-corrected chi connectivity index (χ3v) is 3.25. The summed E-state index contributed by atoms with van der Waals surface area (Å²) in [6, 6.07) is 2.05. The van der Waals surface area contributed by atoms with Gasteiger partial charge in [-0.25, -0.2) is 9.97 Å². The zero-order chi connectivity index (χ0) is 14.6. The van der Waals surface area contributed by atoms with Crippen LogP contribution in [0.4, 0.5) is 11.6 Å². The Labute approximate surface area is 117 Å². The van der Waals surface area contributed by atoms with Gasteiger partial charge in [0.25, 0.3) is 0 Å². The topological polar surface area (TPSA) is 44.3 Å². The van der Waals surface area contributed by atoms with E-state index >= 15 is 0 Å². The predicted molar refractivity (Wildman–Crippen MR) is 82.1 cm³/mol. The highest BCUT2D eigenvalue weighted by Crippen LogP contribution is 2.23. The van der Waals surface area contributed by atoms with E-state index in [1.807, 2.05) is 20.0 Å². The van der Waals surface area contributed by atoms with E-state index in [0.717, 1.165) is 30.5 Å². The summed E-state index contributed by atoms with van der Waals surface area (Å²) in [4.78, 5) is 13.4. The second-order valence-corrected chi connectivity index (χ2v) is 5.89. The molecule has 0 aliphatic carbocycles. The highest BCUT2D eigenvalue weighted by Gasteiger charge is 2.20. The molecule has 108 valence electrons. The summed E-state index contributed by atoms with van der Waals surface area (Å²) < 4.78 is 0. The molecule has 0 atom stereocenters. The summed E-state index contributed by atoms with van der Waals surface area (Å²) in [5, 5.41) is 3.15. The minimum absolute atomic E-state index is 0.0433. The van der Waals surface area contributed by atoms with Crippen molar-refractivity contribution >= 4 is 11.6 Å². The van der Waals surface area contributed by atoms with Crippen LogP contribution >= 0.6 is 0 Å². The third-order valence-electron chi connectivity index (χ3n) is 3.25. The number of nitrogens with one attached hydrogen (secondary N) is 1. The number of anilines is 2. The molecule has 0 saturated heterocycles. The van der Waals surface area contributed by atoms with Crippen molar-refractivity contribution in [3.8, 4) is 0 Å². The van der Waals surface area contributed by atoms with Crippen molar-refractivity contribution in [2.45, 2.75) is 33.2 Å². The summed E-state index contributed by atoms with van der Waals surface area (Å²) in [7, 11) is 6.08. The van der Waals surface area contributed by atoms with Crippen LogP contribution < -0.4 is 15.1 Å². The van der Waals surface area contributed by atoms with Crippen LogP contribution in [0.3, 0.4) is 0 Å². The largest absolute Gasteiger partial charge is 0.358 e. The van der Waals surface area contributed by atoms with Crippen LogP contribution in [0.25, 0.3) is 0 Å². The minimum atomic E-state index is 0.0433. The average molecular weight is 265 g/mol. The predicted octanol–water partition coefficient (Wildman–Crippen LogP) is 1.68. The van der Waals surface area contributed by atoms with Crippen LogP contribution in [0.2, 0.25) is 0 Å². The first-order chi connectivity index (χ1) is 8.75. The van der Waals surface area contributed by atoms with Gasteiger partial charge in [0.1, 0.15) is 17.5 Å². The Balaban J connectivity index is 3.00. The van der Waals surface area contributed by atoms with Crippen molar-refractivity contribution in [2.24, 2.45) is 0 Å². The van der Waals surface area contributed by atoms with Gasteiger partial charge in [0.15, 0.2) is 0 Å². The summed E-state index contributed by atoms with van der Waals surface area (Å²) >= 11 is 0. The molecule has 5 heteroatoms. The molecule has 0 spiro atoms. The number of nitrogens with zero attached hydrogens (tertiary/aromatic N) is 4. The van der Waals surface area contributed by atoms with Crippen molar-refractivity contribution < 1.29 is 0 Å². The fourth-order valence-corrected chi connectivity index (χ4v) is 1.64. The number of hydrogen-bond donors (Lipinski definition) is 1. The van der Waals surface area contributed by atoms with E-state index in [4.69, 9.17) is 0 Å². The highest BCUT2D eigenvalue weighted by atomic mass is 15.2. The number of hydrogen-bond acceptors (Lipinski definition) is 5. The molecular formula is C14H27N5. The molecule has 0 unspecified atom stereocenters. The minimum Gasteiger partial charge on any atom is -0.358 e. The van der Waals surface area contributed by atoms with Crippen LogP contribution in [0.5, 0.6) is 0 Å². The van der Waals surface area contributed by atoms with Gasteiger partial charge in [-0.15, -0.1) is 0 Å². The Kier molecular flexibility index (Phi) is 5.11. The third kappa shape index (κ3) is 4.35. The first-order valence-corrected chi connectivity index (χ1v) is 6.71. The lowest BCUT2D eigenvalue weighted by Crippen LogP contribution is -2.39. The van der Waals surface area contributed by atoms with Crippen LogP contribution in [0.1, 0.15) is 26.6 Å². The van der Waals surface area contributed by atoms with E-state index in [0.29, 0.717) is 0 Å². The van der Waals surface area contributed by atoms with E-state index in [2.05, 4.69) is 60.0 Å². The standard InChI is InChI=1S/C14H27N5/c1-11-16-12(18(6)9-8-15-5)10-13(17-11)19(7)14(2,3)4/h10,15H,8-9H2,1-7H3. The van der Waals surface area contributed by atoms with Crippen LogP contribution in [0.15, 0.2) is 6.07 Å². The van der Waals surface area contributed by atoms with Gasteiger partial charge in [0.2, 0.25) is 0 Å². The average Bonchev–Trinajstić information content (AvgIpc) is 2.33. The number of aromatic nitrogens is 2. The molecule has 19 heavy (non-hydrogen) atoms. The van der Waals surface area contributed by atoms with E-state index in [1.165, 1.54) is 0 Å². The Morgan fingerprint density at radius 1 is 1.16 bits per heavy atom. The molecule has 0 amide bonds. The lowest BCUT2D eigenvalue weighted by Gasteiger charge is -2.33. The van der Waals surface area contributed by atoms with Crippen LogP contribution in [-0.4, -0.2) is 49.7 Å². The smallest absolute Gasteiger partial charge is 0.134 e. The highest BCUT2D eigenvalue weighted by molar-refractivity contribution is 5.51. The van der Waals surface area contributed by atoms with E-state index < -0.39 is 0 Å². The first-order valence-electron chi connectivity index (χ1n) is 6.71. The van der Waals surface area contributed by atoms with Gasteiger partial charge in [-0.05, 0) is 34.7 Å². The molecular weight excluding hydrogens is 238 g/mol. The fraction of sp³-hybridized carbons (Fsp3) is 0.714. The molecule has 0 bridgehead atoms. The molecule has 0 saturated carbocycles. The molecule has 0 aliphatic heterocycles. The van der Waals surface area contributed by atoms with Gasteiger partial charge in [0, 0.05) is 38.8 Å². The van der Waals surface area contributed by atoms with E-state index in [1.54, 1.807) is 0 Å². The molecule has 0 aromatic carbocycles. The lowest BCUT2D eigenvalue weighted by atomic mass is 10.1. The first kappa shape index (κ1) is 15.7. The maximum Gasteiger partial charge on any atom is 0.134 e. The van der Waals surface area contributed by atoms with Gasteiger partial charge in [-0.3, -0.25) is 0 Å². The second-order valence-electron chi connectivity index (χ2n) is 5.89. The normalized spacial score (nSPS) is 11.5. The number of rotatable bonds is 5. The fourth-order valence-electron chi connectivity index (χ4n) is 1.64. The van der Waals surface area contributed by atoms with E-state index in [9.17, 15) is 0 Å². The monoisotopic (exact) mass is 265 g/mol. The van der Waals surface area contributed by atoms with Crippen molar-refractivity contribution in [2.75, 3.05) is 44.0 Å². The maximum absolute atomic E-state index is 4.54. The molecule has 1 aromatic rings. The Bertz CT molecular complexity index is 411. The second kappa shape index (κ2) is 6.19. The Hall–Kier alpha value is -1.36. The molecule has 0 fully saturated rings. The Morgan fingerprint density at radius 2 is 1.74 bits per heavy atom. The molecule has 1 aromatic heterocycles. The number of likely N-dealkylation sites (N-methyl/N-ethyl adjacent to an activating group) is 2. The molecule has 0 aliphatic rings. The quantitative estimate of drug-likeness (QED) is 0.877. The SMILES string of the molecule is CNCCN(C)c1cc(N(C)C(C)(C)C)nc(C)n1. The molecule has 1 N–H and O–H groups in total. The van der Waals surface area contributed by atoms with Gasteiger partial charge in [0.05, 0.1) is 0 Å². The van der Waals surface area contributed by atoms with Gasteiger partial charge < -0.3 is 15.1 Å². The van der Waals surface area contributed by atoms with Gasteiger partial charge in [-0.2, -0.15) is 0 Å². The summed E-state index contributed by atoms with van der Waals surface area (Å²) in [6.45, 7) is 10.3. The van der Waals surface area contributed by atoms with Gasteiger partial charge in [-0.1, -0.05) is 0 Å². The molecule has 1 rings (SSSR count). The van der Waals surface area contributed by atoms with Crippen molar-refractivity contribution in [1.29, 1.82) is 0 Å². The van der Waals surface area contributed by atoms with Gasteiger partial charge >= 0.3 is 0 Å². The molecule has 0 radical (unpaired) electrons.